The van der Waals surface area contributed by atoms with Crippen LogP contribution in [0.1, 0.15) is 39.2 Å². The molecule has 0 radical (unpaired) electrons. The molecule has 4 nitrogen and oxygen atoms in total. The number of aliphatic hydroxyl groups excluding tert-OH is 1. The maximum absolute atomic E-state index is 11.9. The van der Waals surface area contributed by atoms with Gasteiger partial charge < -0.3 is 10.4 Å². The monoisotopic (exact) mass is 278 g/mol. The first kappa shape index (κ1) is 16.7. The molecule has 3 N–H and O–H groups in total. The fourth-order valence-electron chi connectivity index (χ4n) is 2.16. The highest BCUT2D eigenvalue weighted by Crippen LogP contribution is 2.19. The van der Waals surface area contributed by atoms with Gasteiger partial charge in [-0.3, -0.25) is 10.1 Å². The van der Waals surface area contributed by atoms with Crippen molar-refractivity contribution in [2.45, 2.75) is 45.2 Å². The van der Waals surface area contributed by atoms with Crippen molar-refractivity contribution in [2.24, 2.45) is 0 Å². The van der Waals surface area contributed by atoms with Crippen LogP contribution in [-0.2, 0) is 10.3 Å². The van der Waals surface area contributed by atoms with Crippen molar-refractivity contribution in [2.75, 3.05) is 13.2 Å². The second-order valence-electron chi connectivity index (χ2n) is 5.47. The van der Waals surface area contributed by atoms with Gasteiger partial charge in [-0.2, -0.15) is 0 Å². The second-order valence-corrected chi connectivity index (χ2v) is 5.47. The third-order valence-corrected chi connectivity index (χ3v) is 3.50. The molecular weight excluding hydrogens is 252 g/mol. The molecule has 112 valence electrons. The Morgan fingerprint density at radius 2 is 2.00 bits per heavy atom. The summed E-state index contributed by atoms with van der Waals surface area (Å²) in [6, 6.07) is 9.86. The molecule has 0 bridgehead atoms. The lowest BCUT2D eigenvalue weighted by Gasteiger charge is -2.29. The molecule has 1 aromatic carbocycles. The fraction of sp³-hybridized carbons (Fsp3) is 0.562. The summed E-state index contributed by atoms with van der Waals surface area (Å²) >= 11 is 0. The summed E-state index contributed by atoms with van der Waals surface area (Å²) in [5.41, 5.74) is 0.365. The predicted octanol–water partition coefficient (Wildman–Crippen LogP) is 1.79. The van der Waals surface area contributed by atoms with Gasteiger partial charge in [0, 0.05) is 6.04 Å². The predicted molar refractivity (Wildman–Crippen MR) is 81.4 cm³/mol. The second kappa shape index (κ2) is 8.02. The third kappa shape index (κ3) is 4.94. The Bertz CT molecular complexity index is 408. The van der Waals surface area contributed by atoms with Crippen molar-refractivity contribution < 1.29 is 9.90 Å². The van der Waals surface area contributed by atoms with Crippen LogP contribution in [0, 0.1) is 0 Å². The van der Waals surface area contributed by atoms with E-state index >= 15 is 0 Å². The summed E-state index contributed by atoms with van der Waals surface area (Å²) in [5.74, 6) is -0.0402. The van der Waals surface area contributed by atoms with Crippen molar-refractivity contribution >= 4 is 5.91 Å². The first-order valence-corrected chi connectivity index (χ1v) is 7.22. The van der Waals surface area contributed by atoms with E-state index in [0.717, 1.165) is 18.4 Å². The average molecular weight is 278 g/mol. The lowest BCUT2D eigenvalue weighted by molar-refractivity contribution is -0.121. The standard InChI is InChI=1S/C16H26N2O2/c1-4-8-13(2)18-15(20)11-17-16(3,12-19)14-9-6-5-7-10-14/h5-7,9-10,13,17,19H,4,8,11-12H2,1-3H3,(H,18,20). The first-order valence-electron chi connectivity index (χ1n) is 7.22. The number of hydrogen-bond acceptors (Lipinski definition) is 3. The van der Waals surface area contributed by atoms with Crippen molar-refractivity contribution in [3.8, 4) is 0 Å². The molecule has 2 unspecified atom stereocenters. The lowest BCUT2D eigenvalue weighted by atomic mass is 9.93. The van der Waals surface area contributed by atoms with Crippen LogP contribution in [0.3, 0.4) is 0 Å². The van der Waals surface area contributed by atoms with Gasteiger partial charge in [0.25, 0.3) is 0 Å². The van der Waals surface area contributed by atoms with Gasteiger partial charge in [0.2, 0.25) is 5.91 Å². The van der Waals surface area contributed by atoms with E-state index in [4.69, 9.17) is 0 Å². The fourth-order valence-corrected chi connectivity index (χ4v) is 2.16. The summed E-state index contributed by atoms with van der Waals surface area (Å²) in [4.78, 5) is 11.9. The number of amides is 1. The van der Waals surface area contributed by atoms with Crippen LogP contribution in [0.25, 0.3) is 0 Å². The van der Waals surface area contributed by atoms with Crippen LogP contribution in [-0.4, -0.2) is 30.2 Å². The number of nitrogens with one attached hydrogen (secondary N) is 2. The Kier molecular flexibility index (Phi) is 6.68. The van der Waals surface area contributed by atoms with Crippen LogP contribution in [0.2, 0.25) is 0 Å². The molecule has 4 heteroatoms. The third-order valence-electron chi connectivity index (χ3n) is 3.50. The van der Waals surface area contributed by atoms with E-state index in [-0.39, 0.29) is 25.1 Å². The Balaban J connectivity index is 2.55. The number of carbonyl (C=O) groups is 1. The van der Waals surface area contributed by atoms with Crippen LogP contribution in [0.4, 0.5) is 0 Å². The van der Waals surface area contributed by atoms with E-state index < -0.39 is 5.54 Å². The number of hydrogen-bond donors (Lipinski definition) is 3. The van der Waals surface area contributed by atoms with Gasteiger partial charge in [0.05, 0.1) is 18.7 Å². The quantitative estimate of drug-likeness (QED) is 0.679. The molecule has 1 rings (SSSR count). The van der Waals surface area contributed by atoms with Crippen LogP contribution < -0.4 is 10.6 Å². The maximum atomic E-state index is 11.9. The topological polar surface area (TPSA) is 61.4 Å². The average Bonchev–Trinajstić information content (AvgIpc) is 2.46. The van der Waals surface area contributed by atoms with E-state index in [9.17, 15) is 9.90 Å². The Hall–Kier alpha value is -1.39. The molecule has 0 spiro atoms. The van der Waals surface area contributed by atoms with Gasteiger partial charge in [-0.05, 0) is 25.8 Å². The van der Waals surface area contributed by atoms with Crippen LogP contribution in [0.5, 0.6) is 0 Å². The van der Waals surface area contributed by atoms with Crippen molar-refractivity contribution in [3.05, 3.63) is 35.9 Å². The van der Waals surface area contributed by atoms with E-state index in [1.165, 1.54) is 0 Å². The van der Waals surface area contributed by atoms with Gasteiger partial charge in [-0.15, -0.1) is 0 Å². The Morgan fingerprint density at radius 1 is 1.35 bits per heavy atom. The minimum Gasteiger partial charge on any atom is -0.394 e. The van der Waals surface area contributed by atoms with E-state index in [1.54, 1.807) is 0 Å². The molecule has 2 atom stereocenters. The molecule has 0 aliphatic heterocycles. The van der Waals surface area contributed by atoms with Crippen molar-refractivity contribution in [1.82, 2.24) is 10.6 Å². The van der Waals surface area contributed by atoms with Gasteiger partial charge in [-0.1, -0.05) is 43.7 Å². The number of rotatable bonds is 8. The van der Waals surface area contributed by atoms with Gasteiger partial charge >= 0.3 is 0 Å². The summed E-state index contributed by atoms with van der Waals surface area (Å²) < 4.78 is 0. The number of carbonyl (C=O) groups excluding carboxylic acids is 1. The SMILES string of the molecule is CCCC(C)NC(=O)CNC(C)(CO)c1ccccc1. The Morgan fingerprint density at radius 3 is 2.55 bits per heavy atom. The van der Waals surface area contributed by atoms with E-state index in [0.29, 0.717) is 0 Å². The molecule has 1 amide bonds. The maximum Gasteiger partial charge on any atom is 0.234 e. The van der Waals surface area contributed by atoms with Crippen molar-refractivity contribution in [3.63, 3.8) is 0 Å². The molecule has 0 heterocycles. The number of benzene rings is 1. The summed E-state index contributed by atoms with van der Waals surface area (Å²) in [7, 11) is 0. The normalized spacial score (nSPS) is 15.4. The first-order chi connectivity index (χ1) is 9.51. The zero-order chi connectivity index (χ0) is 15.0. The number of aliphatic hydroxyl groups is 1. The summed E-state index contributed by atoms with van der Waals surface area (Å²) in [5, 5.41) is 15.7. The largest absolute Gasteiger partial charge is 0.394 e. The van der Waals surface area contributed by atoms with E-state index in [1.807, 2.05) is 44.2 Å². The molecule has 0 aromatic heterocycles. The molecule has 0 aliphatic rings. The minimum absolute atomic E-state index is 0.0402. The van der Waals surface area contributed by atoms with Crippen molar-refractivity contribution in [1.29, 1.82) is 0 Å². The highest BCUT2D eigenvalue weighted by atomic mass is 16.3. The summed E-state index contributed by atoms with van der Waals surface area (Å²) in [6.07, 6.45) is 2.02. The molecule has 0 saturated carbocycles. The van der Waals surface area contributed by atoms with Gasteiger partial charge in [0.1, 0.15) is 0 Å². The molecule has 0 saturated heterocycles. The molecule has 1 aromatic rings. The highest BCUT2D eigenvalue weighted by molar-refractivity contribution is 5.78. The Labute approximate surface area is 121 Å². The van der Waals surface area contributed by atoms with Gasteiger partial charge in [0.15, 0.2) is 0 Å². The zero-order valence-corrected chi connectivity index (χ0v) is 12.6. The smallest absolute Gasteiger partial charge is 0.234 e. The molecule has 0 fully saturated rings. The van der Waals surface area contributed by atoms with Gasteiger partial charge in [-0.25, -0.2) is 0 Å². The minimum atomic E-state index is -0.605. The lowest BCUT2D eigenvalue weighted by Crippen LogP contribution is -2.48. The summed E-state index contributed by atoms with van der Waals surface area (Å²) in [6.45, 7) is 6.13. The van der Waals surface area contributed by atoms with Crippen LogP contribution >= 0.6 is 0 Å². The molecule has 0 aliphatic carbocycles. The van der Waals surface area contributed by atoms with E-state index in [2.05, 4.69) is 17.6 Å². The molecule has 20 heavy (non-hydrogen) atoms. The highest BCUT2D eigenvalue weighted by Gasteiger charge is 2.25. The zero-order valence-electron chi connectivity index (χ0n) is 12.6. The van der Waals surface area contributed by atoms with Crippen LogP contribution in [0.15, 0.2) is 30.3 Å². The molecular formula is C16H26N2O2.